The average Bonchev–Trinajstić information content (AvgIpc) is 3.18. The summed E-state index contributed by atoms with van der Waals surface area (Å²) in [6, 6.07) is 13.4. The van der Waals surface area contributed by atoms with E-state index < -0.39 is 0 Å². The Bertz CT molecular complexity index is 959. The van der Waals surface area contributed by atoms with Crippen molar-refractivity contribution in [2.45, 2.75) is 6.54 Å². The van der Waals surface area contributed by atoms with Crippen molar-refractivity contribution < 1.29 is 4.42 Å². The summed E-state index contributed by atoms with van der Waals surface area (Å²) in [7, 11) is 0. The van der Waals surface area contributed by atoms with Crippen molar-refractivity contribution in [2.75, 3.05) is 11.1 Å². The molecule has 0 saturated heterocycles. The lowest BCUT2D eigenvalue weighted by atomic mass is 10.3. The van der Waals surface area contributed by atoms with Crippen LogP contribution in [0.15, 0.2) is 46.9 Å². The number of nitrogens with two attached hydrogens (primary N) is 1. The second-order valence-corrected chi connectivity index (χ2v) is 6.46. The minimum Gasteiger partial charge on any atom is -0.457 e. The molecule has 120 valence electrons. The van der Waals surface area contributed by atoms with Crippen LogP contribution in [0.1, 0.15) is 5.76 Å². The van der Waals surface area contributed by atoms with Crippen LogP contribution in [0.3, 0.4) is 0 Å². The molecule has 4 rings (SSSR count). The summed E-state index contributed by atoms with van der Waals surface area (Å²) in [6.45, 7) is 0.456. The standard InChI is InChI=1S/C16H12ClN5OS/c17-13-7-14(22-16(18)21-13)19-8-9-5-6-11(23-9)15-20-10-3-1-2-4-12(10)24-15/h1-7H,8H2,(H3,18,19,21,22). The van der Waals surface area contributed by atoms with E-state index >= 15 is 0 Å². The Morgan fingerprint density at radius 1 is 1.12 bits per heavy atom. The van der Waals surface area contributed by atoms with Crippen LogP contribution in [0.5, 0.6) is 0 Å². The topological polar surface area (TPSA) is 89.9 Å². The monoisotopic (exact) mass is 357 g/mol. The van der Waals surface area contributed by atoms with Crippen LogP contribution in [0.25, 0.3) is 21.0 Å². The lowest BCUT2D eigenvalue weighted by Gasteiger charge is -2.04. The van der Waals surface area contributed by atoms with Gasteiger partial charge < -0.3 is 15.5 Å². The molecule has 6 nitrogen and oxygen atoms in total. The molecular weight excluding hydrogens is 346 g/mol. The highest BCUT2D eigenvalue weighted by molar-refractivity contribution is 7.21. The van der Waals surface area contributed by atoms with E-state index in [0.29, 0.717) is 17.5 Å². The van der Waals surface area contributed by atoms with E-state index in [4.69, 9.17) is 21.8 Å². The van der Waals surface area contributed by atoms with Crippen LogP contribution in [0.4, 0.5) is 11.8 Å². The second kappa shape index (κ2) is 6.10. The van der Waals surface area contributed by atoms with Gasteiger partial charge >= 0.3 is 0 Å². The van der Waals surface area contributed by atoms with Crippen LogP contribution in [-0.4, -0.2) is 15.0 Å². The fourth-order valence-electron chi connectivity index (χ4n) is 2.27. The van der Waals surface area contributed by atoms with E-state index in [2.05, 4.69) is 20.3 Å². The fraction of sp³-hybridized carbons (Fsp3) is 0.0625. The predicted octanol–water partition coefficient (Wildman–Crippen LogP) is 4.19. The molecule has 0 radical (unpaired) electrons. The molecule has 0 amide bonds. The summed E-state index contributed by atoms with van der Waals surface area (Å²) >= 11 is 7.46. The summed E-state index contributed by atoms with van der Waals surface area (Å²) in [5.41, 5.74) is 6.54. The Labute approximate surface area is 146 Å². The molecule has 0 atom stereocenters. The molecule has 3 N–H and O–H groups in total. The van der Waals surface area contributed by atoms with E-state index in [-0.39, 0.29) is 5.95 Å². The van der Waals surface area contributed by atoms with Crippen molar-refractivity contribution in [3.63, 3.8) is 0 Å². The van der Waals surface area contributed by atoms with Gasteiger partial charge in [0.2, 0.25) is 5.95 Å². The molecule has 0 aliphatic carbocycles. The van der Waals surface area contributed by atoms with Crippen molar-refractivity contribution in [2.24, 2.45) is 0 Å². The molecule has 0 bridgehead atoms. The fourth-order valence-corrected chi connectivity index (χ4v) is 3.39. The summed E-state index contributed by atoms with van der Waals surface area (Å²) in [5.74, 6) is 2.18. The molecule has 4 aromatic rings. The number of para-hydroxylation sites is 1. The molecule has 3 aromatic heterocycles. The number of benzene rings is 1. The zero-order valence-corrected chi connectivity index (χ0v) is 13.9. The lowest BCUT2D eigenvalue weighted by molar-refractivity contribution is 0.531. The Kier molecular flexibility index (Phi) is 3.79. The largest absolute Gasteiger partial charge is 0.457 e. The minimum atomic E-state index is 0.125. The number of aromatic nitrogens is 3. The average molecular weight is 358 g/mol. The molecule has 8 heteroatoms. The van der Waals surface area contributed by atoms with Crippen LogP contribution in [-0.2, 0) is 6.54 Å². The molecule has 0 fully saturated rings. The van der Waals surface area contributed by atoms with E-state index in [0.717, 1.165) is 26.7 Å². The summed E-state index contributed by atoms with van der Waals surface area (Å²) in [6.07, 6.45) is 0. The van der Waals surface area contributed by atoms with E-state index in [9.17, 15) is 0 Å². The third-order valence-electron chi connectivity index (χ3n) is 3.32. The molecule has 0 aliphatic rings. The number of anilines is 2. The first kappa shape index (κ1) is 14.9. The van der Waals surface area contributed by atoms with Crippen molar-refractivity contribution in [3.8, 4) is 10.8 Å². The number of nitrogen functional groups attached to an aromatic ring is 1. The maximum absolute atomic E-state index is 5.86. The minimum absolute atomic E-state index is 0.125. The third kappa shape index (κ3) is 3.04. The third-order valence-corrected chi connectivity index (χ3v) is 4.57. The highest BCUT2D eigenvalue weighted by atomic mass is 35.5. The van der Waals surface area contributed by atoms with Crippen LogP contribution >= 0.6 is 22.9 Å². The van der Waals surface area contributed by atoms with Gasteiger partial charge in [0.25, 0.3) is 0 Å². The summed E-state index contributed by atoms with van der Waals surface area (Å²) in [5, 5.41) is 4.26. The summed E-state index contributed by atoms with van der Waals surface area (Å²) in [4.78, 5) is 12.5. The van der Waals surface area contributed by atoms with Crippen LogP contribution < -0.4 is 11.1 Å². The predicted molar refractivity (Wildman–Crippen MR) is 96.1 cm³/mol. The van der Waals surface area contributed by atoms with E-state index in [1.807, 2.05) is 36.4 Å². The highest BCUT2D eigenvalue weighted by Crippen LogP contribution is 2.31. The van der Waals surface area contributed by atoms with Gasteiger partial charge in [-0.1, -0.05) is 23.7 Å². The highest BCUT2D eigenvalue weighted by Gasteiger charge is 2.10. The van der Waals surface area contributed by atoms with Gasteiger partial charge in [-0.25, -0.2) is 9.97 Å². The molecule has 3 heterocycles. The molecule has 0 unspecified atom stereocenters. The lowest BCUT2D eigenvalue weighted by Crippen LogP contribution is -2.03. The van der Waals surface area contributed by atoms with Gasteiger partial charge in [-0.05, 0) is 24.3 Å². The number of rotatable bonds is 4. The first-order chi connectivity index (χ1) is 11.7. The smallest absolute Gasteiger partial charge is 0.223 e. The number of fused-ring (bicyclic) bond motifs is 1. The number of halogens is 1. The van der Waals surface area contributed by atoms with Crippen molar-refractivity contribution in [1.29, 1.82) is 0 Å². The Morgan fingerprint density at radius 2 is 2.00 bits per heavy atom. The van der Waals surface area contributed by atoms with Gasteiger partial charge in [0, 0.05) is 6.07 Å². The molecule has 24 heavy (non-hydrogen) atoms. The molecular formula is C16H12ClN5OS. The zero-order valence-electron chi connectivity index (χ0n) is 12.4. The Balaban J connectivity index is 1.52. The van der Waals surface area contributed by atoms with Crippen LogP contribution in [0, 0.1) is 0 Å². The van der Waals surface area contributed by atoms with Gasteiger partial charge in [-0.15, -0.1) is 11.3 Å². The van der Waals surface area contributed by atoms with Crippen molar-refractivity contribution in [1.82, 2.24) is 15.0 Å². The van der Waals surface area contributed by atoms with E-state index in [1.54, 1.807) is 17.4 Å². The van der Waals surface area contributed by atoms with Crippen LogP contribution in [0.2, 0.25) is 5.15 Å². The number of thiazole rings is 1. The Hall–Kier alpha value is -2.64. The van der Waals surface area contributed by atoms with Crippen molar-refractivity contribution in [3.05, 3.63) is 53.4 Å². The number of hydrogen-bond donors (Lipinski definition) is 2. The van der Waals surface area contributed by atoms with E-state index in [1.165, 1.54) is 0 Å². The SMILES string of the molecule is Nc1nc(Cl)cc(NCc2ccc(-c3nc4ccccc4s3)o2)n1. The van der Waals surface area contributed by atoms with Crippen molar-refractivity contribution >= 4 is 44.9 Å². The molecule has 0 aliphatic heterocycles. The van der Waals surface area contributed by atoms with Gasteiger partial charge in [0.1, 0.15) is 16.7 Å². The number of nitrogens with one attached hydrogen (secondary N) is 1. The first-order valence-electron chi connectivity index (χ1n) is 7.16. The van der Waals surface area contributed by atoms with Gasteiger partial charge in [-0.2, -0.15) is 4.98 Å². The number of hydrogen-bond acceptors (Lipinski definition) is 7. The number of nitrogens with zero attached hydrogens (tertiary/aromatic N) is 3. The number of furan rings is 1. The van der Waals surface area contributed by atoms with Gasteiger partial charge in [-0.3, -0.25) is 0 Å². The molecule has 0 spiro atoms. The Morgan fingerprint density at radius 3 is 2.83 bits per heavy atom. The van der Waals surface area contributed by atoms with Gasteiger partial charge in [0.15, 0.2) is 10.8 Å². The maximum Gasteiger partial charge on any atom is 0.223 e. The van der Waals surface area contributed by atoms with Gasteiger partial charge in [0.05, 0.1) is 16.8 Å². The normalized spacial score (nSPS) is 11.0. The molecule has 0 saturated carbocycles. The quantitative estimate of drug-likeness (QED) is 0.532. The molecule has 1 aromatic carbocycles. The summed E-state index contributed by atoms with van der Waals surface area (Å²) < 4.78 is 6.99. The first-order valence-corrected chi connectivity index (χ1v) is 8.35. The zero-order chi connectivity index (χ0) is 16.5. The second-order valence-electron chi connectivity index (χ2n) is 5.04. The maximum atomic E-state index is 5.86.